The SMILES string of the molecule is O=C(CBr)c1ccc(CN2CCC(O)C2=O)s1. The van der Waals surface area contributed by atoms with Crippen molar-refractivity contribution in [1.29, 1.82) is 0 Å². The summed E-state index contributed by atoms with van der Waals surface area (Å²) in [5.74, 6) is -0.166. The first kappa shape index (κ1) is 12.7. The molecule has 1 unspecified atom stereocenters. The monoisotopic (exact) mass is 317 g/mol. The number of hydrogen-bond donors (Lipinski definition) is 1. The Hall–Kier alpha value is -0.720. The Morgan fingerprint density at radius 2 is 2.35 bits per heavy atom. The minimum Gasteiger partial charge on any atom is -0.383 e. The summed E-state index contributed by atoms with van der Waals surface area (Å²) in [6, 6.07) is 3.64. The number of amides is 1. The van der Waals surface area contributed by atoms with Gasteiger partial charge in [0.25, 0.3) is 5.91 Å². The van der Waals surface area contributed by atoms with Crippen molar-refractivity contribution in [2.24, 2.45) is 0 Å². The van der Waals surface area contributed by atoms with E-state index < -0.39 is 6.10 Å². The number of Topliss-reactive ketones (excluding diaryl/α,β-unsaturated/α-hetero) is 1. The molecule has 1 fully saturated rings. The van der Waals surface area contributed by atoms with E-state index in [1.54, 1.807) is 11.0 Å². The molecule has 1 atom stereocenters. The van der Waals surface area contributed by atoms with Gasteiger partial charge in [-0.2, -0.15) is 0 Å². The number of carbonyl (C=O) groups is 2. The van der Waals surface area contributed by atoms with E-state index in [1.165, 1.54) is 11.3 Å². The van der Waals surface area contributed by atoms with Gasteiger partial charge in [-0.15, -0.1) is 11.3 Å². The fourth-order valence-corrected chi connectivity index (χ4v) is 3.19. The highest BCUT2D eigenvalue weighted by Crippen LogP contribution is 2.22. The second kappa shape index (κ2) is 5.29. The third-order valence-corrected chi connectivity index (χ3v) is 4.29. The van der Waals surface area contributed by atoms with Crippen LogP contribution in [0.4, 0.5) is 0 Å². The topological polar surface area (TPSA) is 57.6 Å². The maximum absolute atomic E-state index is 11.5. The van der Waals surface area contributed by atoms with Gasteiger partial charge >= 0.3 is 0 Å². The Balaban J connectivity index is 2.02. The molecule has 1 aromatic rings. The Morgan fingerprint density at radius 3 is 2.94 bits per heavy atom. The van der Waals surface area contributed by atoms with Gasteiger partial charge in [-0.1, -0.05) is 15.9 Å². The summed E-state index contributed by atoms with van der Waals surface area (Å²) in [5.41, 5.74) is 0. The molecular weight excluding hydrogens is 306 g/mol. The van der Waals surface area contributed by atoms with Gasteiger partial charge < -0.3 is 10.0 Å². The van der Waals surface area contributed by atoms with Gasteiger partial charge in [-0.25, -0.2) is 0 Å². The van der Waals surface area contributed by atoms with Crippen molar-refractivity contribution < 1.29 is 14.7 Å². The number of hydrogen-bond acceptors (Lipinski definition) is 4. The summed E-state index contributed by atoms with van der Waals surface area (Å²) >= 11 is 4.53. The lowest BCUT2D eigenvalue weighted by atomic mass is 10.3. The Labute approximate surface area is 111 Å². The lowest BCUT2D eigenvalue weighted by molar-refractivity contribution is -0.134. The van der Waals surface area contributed by atoms with Crippen molar-refractivity contribution in [3.8, 4) is 0 Å². The van der Waals surface area contributed by atoms with E-state index in [0.29, 0.717) is 29.7 Å². The zero-order chi connectivity index (χ0) is 12.4. The van der Waals surface area contributed by atoms with Crippen molar-refractivity contribution in [3.05, 3.63) is 21.9 Å². The molecule has 0 radical (unpaired) electrons. The smallest absolute Gasteiger partial charge is 0.251 e. The minimum absolute atomic E-state index is 0.0500. The van der Waals surface area contributed by atoms with Crippen LogP contribution in [0.2, 0.25) is 0 Å². The van der Waals surface area contributed by atoms with Crippen LogP contribution < -0.4 is 0 Å². The van der Waals surface area contributed by atoms with Crippen LogP contribution in [0.3, 0.4) is 0 Å². The first-order valence-electron chi connectivity index (χ1n) is 5.26. The van der Waals surface area contributed by atoms with Crippen LogP contribution >= 0.6 is 27.3 Å². The molecule has 0 saturated carbocycles. The van der Waals surface area contributed by atoms with Gasteiger partial charge in [0.1, 0.15) is 6.10 Å². The highest BCUT2D eigenvalue weighted by molar-refractivity contribution is 9.09. The number of rotatable bonds is 4. The van der Waals surface area contributed by atoms with Crippen molar-refractivity contribution in [2.75, 3.05) is 11.9 Å². The number of aliphatic hydroxyl groups excluding tert-OH is 1. The number of likely N-dealkylation sites (tertiary alicyclic amines) is 1. The minimum atomic E-state index is -0.849. The molecule has 0 aromatic carbocycles. The van der Waals surface area contributed by atoms with Crippen molar-refractivity contribution in [2.45, 2.75) is 19.1 Å². The fraction of sp³-hybridized carbons (Fsp3) is 0.455. The van der Waals surface area contributed by atoms with Crippen LogP contribution in [0.25, 0.3) is 0 Å². The van der Waals surface area contributed by atoms with E-state index in [-0.39, 0.29) is 11.7 Å². The fourth-order valence-electron chi connectivity index (χ4n) is 1.75. The molecule has 6 heteroatoms. The predicted octanol–water partition coefficient (Wildman–Crippen LogP) is 1.42. The molecule has 2 heterocycles. The molecular formula is C11H12BrNO3S. The summed E-state index contributed by atoms with van der Waals surface area (Å²) in [7, 11) is 0. The van der Waals surface area contributed by atoms with E-state index in [2.05, 4.69) is 15.9 Å². The van der Waals surface area contributed by atoms with E-state index >= 15 is 0 Å². The molecule has 1 aromatic heterocycles. The van der Waals surface area contributed by atoms with E-state index in [4.69, 9.17) is 0 Å². The number of aliphatic hydroxyl groups is 1. The third kappa shape index (κ3) is 2.75. The lowest BCUT2D eigenvalue weighted by Crippen LogP contribution is -2.28. The number of halogens is 1. The van der Waals surface area contributed by atoms with Crippen LogP contribution in [0.5, 0.6) is 0 Å². The number of nitrogens with zero attached hydrogens (tertiary/aromatic N) is 1. The average Bonchev–Trinajstić information content (AvgIpc) is 2.91. The zero-order valence-corrected chi connectivity index (χ0v) is 11.5. The maximum Gasteiger partial charge on any atom is 0.251 e. The standard InChI is InChI=1S/C11H12BrNO3S/c12-5-9(15)10-2-1-7(17-10)6-13-4-3-8(14)11(13)16/h1-2,8,14H,3-6H2. The van der Waals surface area contributed by atoms with Crippen LogP contribution in [0, 0.1) is 0 Å². The molecule has 4 nitrogen and oxygen atoms in total. The highest BCUT2D eigenvalue weighted by Gasteiger charge is 2.29. The third-order valence-electron chi connectivity index (χ3n) is 2.67. The van der Waals surface area contributed by atoms with E-state index in [9.17, 15) is 14.7 Å². The van der Waals surface area contributed by atoms with E-state index in [1.807, 2.05) is 6.07 Å². The summed E-state index contributed by atoms with van der Waals surface area (Å²) in [6.07, 6.45) is -0.351. The molecule has 1 aliphatic rings. The maximum atomic E-state index is 11.5. The number of alkyl halides is 1. The first-order chi connectivity index (χ1) is 8.11. The van der Waals surface area contributed by atoms with Crippen molar-refractivity contribution >= 4 is 39.0 Å². The Bertz CT molecular complexity index is 446. The predicted molar refractivity (Wildman–Crippen MR) is 68.5 cm³/mol. The summed E-state index contributed by atoms with van der Waals surface area (Å²) in [6.45, 7) is 1.07. The highest BCUT2D eigenvalue weighted by atomic mass is 79.9. The second-order valence-electron chi connectivity index (χ2n) is 3.89. The van der Waals surface area contributed by atoms with Crippen molar-refractivity contribution in [1.82, 2.24) is 4.90 Å². The molecule has 92 valence electrons. The molecule has 1 amide bonds. The van der Waals surface area contributed by atoms with Gasteiger partial charge in [0, 0.05) is 11.4 Å². The largest absolute Gasteiger partial charge is 0.383 e. The number of ketones is 1. The molecule has 2 rings (SSSR count). The molecule has 0 bridgehead atoms. The Kier molecular flexibility index (Phi) is 3.96. The van der Waals surface area contributed by atoms with Crippen molar-refractivity contribution in [3.63, 3.8) is 0 Å². The van der Waals surface area contributed by atoms with Crippen LogP contribution in [-0.2, 0) is 11.3 Å². The van der Waals surface area contributed by atoms with E-state index in [0.717, 1.165) is 4.88 Å². The van der Waals surface area contributed by atoms with Gasteiger partial charge in [0.15, 0.2) is 5.78 Å². The molecule has 0 aliphatic carbocycles. The lowest BCUT2D eigenvalue weighted by Gasteiger charge is -2.13. The molecule has 1 aliphatic heterocycles. The van der Waals surface area contributed by atoms with Crippen LogP contribution in [0.15, 0.2) is 12.1 Å². The normalized spacial score (nSPS) is 20.0. The number of carbonyl (C=O) groups excluding carboxylic acids is 2. The first-order valence-corrected chi connectivity index (χ1v) is 7.20. The molecule has 17 heavy (non-hydrogen) atoms. The zero-order valence-electron chi connectivity index (χ0n) is 9.06. The average molecular weight is 318 g/mol. The number of thiophene rings is 1. The van der Waals surface area contributed by atoms with Gasteiger partial charge in [0.05, 0.1) is 16.8 Å². The summed E-state index contributed by atoms with van der Waals surface area (Å²) in [4.78, 5) is 26.2. The van der Waals surface area contributed by atoms with Crippen LogP contribution in [0.1, 0.15) is 21.0 Å². The van der Waals surface area contributed by atoms with Crippen LogP contribution in [-0.4, -0.2) is 39.7 Å². The summed E-state index contributed by atoms with van der Waals surface area (Å²) in [5, 5.41) is 9.64. The molecule has 1 N–H and O–H groups in total. The second-order valence-corrected chi connectivity index (χ2v) is 5.62. The molecule has 1 saturated heterocycles. The summed E-state index contributed by atoms with van der Waals surface area (Å²) < 4.78 is 0. The van der Waals surface area contributed by atoms with Gasteiger partial charge in [-0.05, 0) is 18.6 Å². The molecule has 0 spiro atoms. The van der Waals surface area contributed by atoms with Gasteiger partial charge in [-0.3, -0.25) is 9.59 Å². The Morgan fingerprint density at radius 1 is 1.59 bits per heavy atom. The van der Waals surface area contributed by atoms with Gasteiger partial charge in [0.2, 0.25) is 0 Å². The quantitative estimate of drug-likeness (QED) is 0.675.